The number of nitrogens with zero attached hydrogens (tertiary/aromatic N) is 4. The number of nitro groups is 1. The first kappa shape index (κ1) is 13.9. The molecule has 0 bridgehead atoms. The van der Waals surface area contributed by atoms with Gasteiger partial charge in [0.1, 0.15) is 17.8 Å². The van der Waals surface area contributed by atoms with Gasteiger partial charge in [-0.05, 0) is 24.6 Å². The number of non-ortho nitro benzene ring substituents is 1. The van der Waals surface area contributed by atoms with Crippen LogP contribution in [0.5, 0.6) is 0 Å². The third kappa shape index (κ3) is 3.38. The minimum Gasteiger partial charge on any atom is -0.388 e. The topological polar surface area (TPSA) is 129 Å². The zero-order valence-electron chi connectivity index (χ0n) is 9.99. The number of rotatable bonds is 3. The highest BCUT2D eigenvalue weighted by Gasteiger charge is 2.07. The largest absolute Gasteiger partial charge is 0.388 e. The fourth-order valence-corrected chi connectivity index (χ4v) is 1.26. The monoisotopic (exact) mass is 255 g/mol. The second-order valence-electron chi connectivity index (χ2n) is 3.49. The summed E-state index contributed by atoms with van der Waals surface area (Å²) in [6.45, 7) is 1.61. The van der Waals surface area contributed by atoms with Crippen molar-refractivity contribution in [1.82, 2.24) is 0 Å². The van der Waals surface area contributed by atoms with Crippen LogP contribution in [-0.2, 0) is 0 Å². The van der Waals surface area contributed by atoms with Crippen molar-refractivity contribution < 1.29 is 4.92 Å². The number of hydrogen-bond acceptors (Lipinski definition) is 6. The van der Waals surface area contributed by atoms with Crippen LogP contribution in [0.4, 0.5) is 5.69 Å². The Balaban J connectivity index is 3.14. The highest BCUT2D eigenvalue weighted by atomic mass is 16.6. The van der Waals surface area contributed by atoms with E-state index in [2.05, 4.69) is 4.99 Å². The smallest absolute Gasteiger partial charge is 0.269 e. The molecule has 0 aromatic heterocycles. The molecule has 0 heterocycles. The lowest BCUT2D eigenvalue weighted by Crippen LogP contribution is -2.01. The summed E-state index contributed by atoms with van der Waals surface area (Å²) in [5.41, 5.74) is 5.86. The van der Waals surface area contributed by atoms with Gasteiger partial charge in [0, 0.05) is 17.8 Å². The van der Waals surface area contributed by atoms with E-state index in [1.807, 2.05) is 0 Å². The van der Waals surface area contributed by atoms with Gasteiger partial charge in [0.25, 0.3) is 5.69 Å². The van der Waals surface area contributed by atoms with Crippen molar-refractivity contribution in [3.8, 4) is 12.1 Å². The molecule has 0 radical (unpaired) electrons. The predicted molar refractivity (Wildman–Crippen MR) is 67.7 cm³/mol. The third-order valence-corrected chi connectivity index (χ3v) is 2.26. The summed E-state index contributed by atoms with van der Waals surface area (Å²) in [4.78, 5) is 13.9. The van der Waals surface area contributed by atoms with Gasteiger partial charge >= 0.3 is 0 Å². The van der Waals surface area contributed by atoms with Crippen LogP contribution in [0.1, 0.15) is 12.5 Å². The highest BCUT2D eigenvalue weighted by molar-refractivity contribution is 5.99. The van der Waals surface area contributed by atoms with Gasteiger partial charge in [-0.25, -0.2) is 4.99 Å². The van der Waals surface area contributed by atoms with Gasteiger partial charge in [0.05, 0.1) is 4.92 Å². The van der Waals surface area contributed by atoms with Crippen LogP contribution in [0.15, 0.2) is 40.7 Å². The Morgan fingerprint density at radius 2 is 1.89 bits per heavy atom. The van der Waals surface area contributed by atoms with E-state index in [4.69, 9.17) is 16.3 Å². The molecule has 0 aliphatic heterocycles. The molecule has 0 saturated heterocycles. The molecule has 1 aromatic carbocycles. The van der Waals surface area contributed by atoms with Crippen LogP contribution < -0.4 is 5.73 Å². The Labute approximate surface area is 109 Å². The van der Waals surface area contributed by atoms with E-state index in [9.17, 15) is 10.1 Å². The van der Waals surface area contributed by atoms with Gasteiger partial charge in [-0.1, -0.05) is 0 Å². The van der Waals surface area contributed by atoms with Crippen LogP contribution in [0, 0.1) is 32.8 Å². The molecule has 7 nitrogen and oxygen atoms in total. The Morgan fingerprint density at radius 1 is 1.32 bits per heavy atom. The number of hydrogen-bond donors (Lipinski definition) is 1. The zero-order valence-corrected chi connectivity index (χ0v) is 9.99. The molecule has 0 spiro atoms. The number of nitriles is 2. The van der Waals surface area contributed by atoms with Crippen molar-refractivity contribution in [3.63, 3.8) is 0 Å². The number of nitrogens with two attached hydrogens (primary N) is 1. The zero-order chi connectivity index (χ0) is 14.4. The summed E-state index contributed by atoms with van der Waals surface area (Å²) in [6, 6.07) is 9.03. The lowest BCUT2D eigenvalue weighted by Gasteiger charge is -2.00. The molecular weight excluding hydrogens is 246 g/mol. The van der Waals surface area contributed by atoms with Crippen LogP contribution >= 0.6 is 0 Å². The summed E-state index contributed by atoms with van der Waals surface area (Å²) in [5.74, 6) is 0. The maximum atomic E-state index is 10.5. The number of aliphatic imine (C=N–C) groups is 1. The second kappa shape index (κ2) is 5.94. The molecular formula is C12H9N5O2. The molecule has 0 saturated carbocycles. The Hall–Kier alpha value is -3.19. The van der Waals surface area contributed by atoms with Gasteiger partial charge in [-0.15, -0.1) is 0 Å². The maximum absolute atomic E-state index is 10.5. The minimum absolute atomic E-state index is 0.0378. The molecule has 1 aromatic rings. The Morgan fingerprint density at radius 3 is 2.32 bits per heavy atom. The highest BCUT2D eigenvalue weighted by Crippen LogP contribution is 2.13. The van der Waals surface area contributed by atoms with Gasteiger partial charge < -0.3 is 5.73 Å². The number of benzene rings is 1. The fourth-order valence-electron chi connectivity index (χ4n) is 1.26. The van der Waals surface area contributed by atoms with Crippen LogP contribution in [0.25, 0.3) is 0 Å². The average molecular weight is 255 g/mol. The molecule has 0 aliphatic rings. The van der Waals surface area contributed by atoms with Crippen molar-refractivity contribution in [3.05, 3.63) is 51.3 Å². The maximum Gasteiger partial charge on any atom is 0.269 e. The first-order valence-corrected chi connectivity index (χ1v) is 5.09. The molecule has 94 valence electrons. The molecule has 0 fully saturated rings. The van der Waals surface area contributed by atoms with Crippen molar-refractivity contribution >= 4 is 11.4 Å². The quantitative estimate of drug-likeness (QED) is 0.379. The van der Waals surface area contributed by atoms with Crippen LogP contribution in [-0.4, -0.2) is 10.6 Å². The van der Waals surface area contributed by atoms with E-state index < -0.39 is 4.92 Å². The van der Waals surface area contributed by atoms with Crippen LogP contribution in [0.3, 0.4) is 0 Å². The molecule has 0 aliphatic carbocycles. The van der Waals surface area contributed by atoms with Crippen molar-refractivity contribution in [1.29, 1.82) is 10.5 Å². The molecule has 0 amide bonds. The SMILES string of the molecule is C/C(=N\C(C#N)=C(/N)C#N)c1ccc([N+](=O)[O-])cc1. The number of allylic oxidation sites excluding steroid dienone is 2. The molecule has 19 heavy (non-hydrogen) atoms. The first-order chi connectivity index (χ1) is 8.99. The Bertz CT molecular complexity index is 644. The minimum atomic E-state index is -0.509. The number of nitro benzene ring substituents is 1. The average Bonchev–Trinajstić information content (AvgIpc) is 2.43. The van der Waals surface area contributed by atoms with E-state index in [0.29, 0.717) is 11.3 Å². The summed E-state index contributed by atoms with van der Waals surface area (Å²) in [7, 11) is 0. The summed E-state index contributed by atoms with van der Waals surface area (Å²) < 4.78 is 0. The Kier molecular flexibility index (Phi) is 4.34. The lowest BCUT2D eigenvalue weighted by atomic mass is 10.1. The standard InChI is InChI=1S/C12H9N5O2/c1-8(16-12(7-14)11(15)6-13)9-2-4-10(5-3-9)17(18)19/h2-5H,15H2,1H3/b12-11-,16-8+. The lowest BCUT2D eigenvalue weighted by molar-refractivity contribution is -0.384. The molecule has 0 unspecified atom stereocenters. The molecule has 1 rings (SSSR count). The van der Waals surface area contributed by atoms with Crippen molar-refractivity contribution in [2.45, 2.75) is 6.92 Å². The van der Waals surface area contributed by atoms with Gasteiger partial charge in [-0.3, -0.25) is 10.1 Å². The normalized spacial score (nSPS) is 12.1. The summed E-state index contributed by atoms with van der Waals surface area (Å²) in [6.07, 6.45) is 0. The molecule has 0 atom stereocenters. The molecule has 2 N–H and O–H groups in total. The summed E-state index contributed by atoms with van der Waals surface area (Å²) >= 11 is 0. The fraction of sp³-hybridized carbons (Fsp3) is 0.0833. The van der Waals surface area contributed by atoms with Crippen molar-refractivity contribution in [2.75, 3.05) is 0 Å². The van der Waals surface area contributed by atoms with Gasteiger partial charge in [0.2, 0.25) is 0 Å². The van der Waals surface area contributed by atoms with Gasteiger partial charge in [-0.2, -0.15) is 10.5 Å². The van der Waals surface area contributed by atoms with E-state index in [1.165, 1.54) is 24.3 Å². The van der Waals surface area contributed by atoms with Gasteiger partial charge in [0.15, 0.2) is 5.70 Å². The van der Waals surface area contributed by atoms with E-state index in [-0.39, 0.29) is 17.1 Å². The summed E-state index contributed by atoms with van der Waals surface area (Å²) in [5, 5.41) is 27.9. The van der Waals surface area contributed by atoms with Crippen molar-refractivity contribution in [2.24, 2.45) is 10.7 Å². The third-order valence-electron chi connectivity index (χ3n) is 2.26. The second-order valence-corrected chi connectivity index (χ2v) is 3.49. The van der Waals surface area contributed by atoms with Crippen LogP contribution in [0.2, 0.25) is 0 Å². The van der Waals surface area contributed by atoms with E-state index >= 15 is 0 Å². The van der Waals surface area contributed by atoms with E-state index in [0.717, 1.165) is 0 Å². The first-order valence-electron chi connectivity index (χ1n) is 5.09. The predicted octanol–water partition coefficient (Wildman–Crippen LogP) is 1.62. The van der Waals surface area contributed by atoms with E-state index in [1.54, 1.807) is 19.1 Å². The molecule has 7 heteroatoms.